The molecule has 1 heterocycles. The molecule has 1 aromatic heterocycles. The summed E-state index contributed by atoms with van der Waals surface area (Å²) in [5, 5.41) is 9.86. The number of hydrogen-bond donors (Lipinski definition) is 2. The smallest absolute Gasteiger partial charge is 0.322 e. The maximum Gasteiger partial charge on any atom is 0.322 e. The highest BCUT2D eigenvalue weighted by Crippen LogP contribution is 2.23. The summed E-state index contributed by atoms with van der Waals surface area (Å²) in [6.07, 6.45) is 0. The second-order valence-corrected chi connectivity index (χ2v) is 7.04. The van der Waals surface area contributed by atoms with E-state index in [0.29, 0.717) is 4.34 Å². The number of carboxylic acid groups (broad SMARTS) is 1. The topological polar surface area (TPSA) is 83.5 Å². The van der Waals surface area contributed by atoms with Crippen LogP contribution in [0.3, 0.4) is 0 Å². The van der Waals surface area contributed by atoms with Crippen molar-refractivity contribution >= 4 is 45.6 Å². The van der Waals surface area contributed by atoms with Crippen LogP contribution >= 0.6 is 22.9 Å². The number of nitrogens with one attached hydrogen (secondary N) is 1. The van der Waals surface area contributed by atoms with Crippen molar-refractivity contribution < 1.29 is 18.9 Å². The second-order valence-electron chi connectivity index (χ2n) is 3.48. The molecule has 2 atom stereocenters. The van der Waals surface area contributed by atoms with E-state index in [1.165, 1.54) is 18.3 Å². The molecule has 1 amide bonds. The minimum atomic E-state index is -1.40. The van der Waals surface area contributed by atoms with Gasteiger partial charge in [0.1, 0.15) is 11.8 Å². The van der Waals surface area contributed by atoms with Gasteiger partial charge in [-0.05, 0) is 19.1 Å². The summed E-state index contributed by atoms with van der Waals surface area (Å²) >= 11 is 7.06. The van der Waals surface area contributed by atoms with E-state index >= 15 is 0 Å². The SMILES string of the molecule is CC(C(=O)NCC(=O)O)S(=O)Cc1ccc(Cl)s1. The fourth-order valence-corrected chi connectivity index (χ4v) is 3.54. The molecule has 0 spiro atoms. The van der Waals surface area contributed by atoms with Gasteiger partial charge in [-0.15, -0.1) is 11.3 Å². The number of hydrogen-bond acceptors (Lipinski definition) is 4. The monoisotopic (exact) mass is 309 g/mol. The van der Waals surface area contributed by atoms with Crippen LogP contribution in [-0.4, -0.2) is 33.0 Å². The summed E-state index contributed by atoms with van der Waals surface area (Å²) in [5.74, 6) is -1.43. The molecule has 0 radical (unpaired) electrons. The second kappa shape index (κ2) is 6.86. The summed E-state index contributed by atoms with van der Waals surface area (Å²) < 4.78 is 12.5. The zero-order valence-electron chi connectivity index (χ0n) is 9.51. The Labute approximate surface area is 116 Å². The van der Waals surface area contributed by atoms with E-state index in [0.717, 1.165) is 4.88 Å². The number of thiophene rings is 1. The van der Waals surface area contributed by atoms with Crippen molar-refractivity contribution in [3.8, 4) is 0 Å². The number of aliphatic carboxylic acids is 1. The van der Waals surface area contributed by atoms with Gasteiger partial charge in [0.05, 0.1) is 10.1 Å². The molecule has 1 aromatic rings. The Bertz CT molecular complexity index is 474. The summed E-state index contributed by atoms with van der Waals surface area (Å²) in [7, 11) is -1.40. The van der Waals surface area contributed by atoms with Crippen LogP contribution in [0.1, 0.15) is 11.8 Å². The maximum absolute atomic E-state index is 11.9. The molecule has 8 heteroatoms. The Hall–Kier alpha value is -0.920. The summed E-state index contributed by atoms with van der Waals surface area (Å²) in [6, 6.07) is 3.46. The largest absolute Gasteiger partial charge is 0.480 e. The standard InChI is InChI=1S/C10H12ClNO4S2/c1-6(10(15)12-4-9(13)14)18(16)5-7-2-3-8(11)17-7/h2-3,6H,4-5H2,1H3,(H,12,15)(H,13,14). The first-order valence-electron chi connectivity index (χ1n) is 5.01. The van der Waals surface area contributed by atoms with Gasteiger partial charge in [0.25, 0.3) is 0 Å². The van der Waals surface area contributed by atoms with Crippen LogP contribution in [0.2, 0.25) is 4.34 Å². The average Bonchev–Trinajstić information content (AvgIpc) is 2.70. The molecule has 0 bridgehead atoms. The van der Waals surface area contributed by atoms with Gasteiger partial charge in [0.15, 0.2) is 0 Å². The van der Waals surface area contributed by atoms with Crippen LogP contribution in [0.5, 0.6) is 0 Å². The molecule has 2 unspecified atom stereocenters. The molecule has 0 fully saturated rings. The Morgan fingerprint density at radius 3 is 2.72 bits per heavy atom. The average molecular weight is 310 g/mol. The highest BCUT2D eigenvalue weighted by molar-refractivity contribution is 7.85. The van der Waals surface area contributed by atoms with Crippen molar-refractivity contribution in [2.24, 2.45) is 0 Å². The number of carbonyl (C=O) groups excluding carboxylic acids is 1. The predicted molar refractivity (Wildman–Crippen MR) is 71.3 cm³/mol. The van der Waals surface area contributed by atoms with Crippen LogP contribution in [0.4, 0.5) is 0 Å². The fraction of sp³-hybridized carbons (Fsp3) is 0.400. The third-order valence-corrected chi connectivity index (χ3v) is 5.10. The molecule has 0 aliphatic carbocycles. The molecular formula is C10H12ClNO4S2. The summed E-state index contributed by atoms with van der Waals surface area (Å²) in [4.78, 5) is 22.6. The lowest BCUT2D eigenvalue weighted by Gasteiger charge is -2.10. The third-order valence-electron chi connectivity index (χ3n) is 2.09. The molecule has 0 saturated heterocycles. The van der Waals surface area contributed by atoms with Crippen molar-refractivity contribution in [1.82, 2.24) is 5.32 Å². The lowest BCUT2D eigenvalue weighted by atomic mass is 10.4. The van der Waals surface area contributed by atoms with Gasteiger partial charge < -0.3 is 10.4 Å². The van der Waals surface area contributed by atoms with Crippen LogP contribution in [0, 0.1) is 0 Å². The zero-order valence-corrected chi connectivity index (χ0v) is 11.9. The van der Waals surface area contributed by atoms with E-state index in [9.17, 15) is 13.8 Å². The van der Waals surface area contributed by atoms with Crippen LogP contribution in [0.15, 0.2) is 12.1 Å². The number of rotatable bonds is 6. The van der Waals surface area contributed by atoms with E-state index in [1.807, 2.05) is 0 Å². The van der Waals surface area contributed by atoms with Gasteiger partial charge in [-0.3, -0.25) is 13.8 Å². The summed E-state index contributed by atoms with van der Waals surface area (Å²) in [5.41, 5.74) is 0. The third kappa shape index (κ3) is 4.75. The number of carboxylic acids is 1. The summed E-state index contributed by atoms with van der Waals surface area (Å²) in [6.45, 7) is 1.04. The van der Waals surface area contributed by atoms with Crippen LogP contribution < -0.4 is 5.32 Å². The van der Waals surface area contributed by atoms with E-state index < -0.39 is 34.5 Å². The van der Waals surface area contributed by atoms with Crippen molar-refractivity contribution in [3.63, 3.8) is 0 Å². The molecular weight excluding hydrogens is 298 g/mol. The van der Waals surface area contributed by atoms with E-state index in [1.54, 1.807) is 12.1 Å². The van der Waals surface area contributed by atoms with Crippen LogP contribution in [-0.2, 0) is 26.1 Å². The Kier molecular flexibility index (Phi) is 5.77. The fourth-order valence-electron chi connectivity index (χ4n) is 1.12. The van der Waals surface area contributed by atoms with Gasteiger partial charge in [0.2, 0.25) is 5.91 Å². The minimum Gasteiger partial charge on any atom is -0.480 e. The molecule has 1 rings (SSSR count). The van der Waals surface area contributed by atoms with Gasteiger partial charge >= 0.3 is 5.97 Å². The quantitative estimate of drug-likeness (QED) is 0.828. The number of amides is 1. The van der Waals surface area contributed by atoms with Gasteiger partial charge in [-0.25, -0.2) is 0 Å². The van der Waals surface area contributed by atoms with E-state index in [2.05, 4.69) is 5.32 Å². The molecule has 100 valence electrons. The molecule has 0 aromatic carbocycles. The first-order valence-corrected chi connectivity index (χ1v) is 7.58. The van der Waals surface area contributed by atoms with Crippen molar-refractivity contribution in [1.29, 1.82) is 0 Å². The van der Waals surface area contributed by atoms with Gasteiger partial charge in [-0.2, -0.15) is 0 Å². The van der Waals surface area contributed by atoms with Crippen LogP contribution in [0.25, 0.3) is 0 Å². The van der Waals surface area contributed by atoms with E-state index in [4.69, 9.17) is 16.7 Å². The first-order chi connectivity index (χ1) is 8.40. The predicted octanol–water partition coefficient (Wildman–Crippen LogP) is 1.24. The Balaban J connectivity index is 2.50. The lowest BCUT2D eigenvalue weighted by Crippen LogP contribution is -2.38. The van der Waals surface area contributed by atoms with Crippen molar-refractivity contribution in [3.05, 3.63) is 21.3 Å². The van der Waals surface area contributed by atoms with Gasteiger partial charge in [-0.1, -0.05) is 11.6 Å². The highest BCUT2D eigenvalue weighted by atomic mass is 35.5. The molecule has 18 heavy (non-hydrogen) atoms. The zero-order chi connectivity index (χ0) is 13.7. The molecule has 5 nitrogen and oxygen atoms in total. The molecule has 0 aliphatic rings. The van der Waals surface area contributed by atoms with Crippen molar-refractivity contribution in [2.45, 2.75) is 17.9 Å². The highest BCUT2D eigenvalue weighted by Gasteiger charge is 2.20. The molecule has 0 saturated carbocycles. The van der Waals surface area contributed by atoms with E-state index in [-0.39, 0.29) is 5.75 Å². The minimum absolute atomic E-state index is 0.235. The molecule has 0 aliphatic heterocycles. The normalized spacial score (nSPS) is 13.9. The number of carbonyl (C=O) groups is 2. The van der Waals surface area contributed by atoms with Gasteiger partial charge in [0, 0.05) is 15.7 Å². The Morgan fingerprint density at radius 2 is 2.22 bits per heavy atom. The van der Waals surface area contributed by atoms with Crippen molar-refractivity contribution in [2.75, 3.05) is 6.54 Å². The maximum atomic E-state index is 11.9. The Morgan fingerprint density at radius 1 is 1.56 bits per heavy atom. The molecule has 2 N–H and O–H groups in total. The number of halogens is 1. The first kappa shape index (κ1) is 15.1. The lowest BCUT2D eigenvalue weighted by molar-refractivity contribution is -0.137.